The Morgan fingerprint density at radius 1 is 1.12 bits per heavy atom. The minimum Gasteiger partial charge on any atom is -0.497 e. The number of aliphatic imine (C=N–C) groups is 1. The quantitative estimate of drug-likeness (QED) is 0.233. The van der Waals surface area contributed by atoms with E-state index in [0.29, 0.717) is 19.7 Å². The molecule has 3 N–H and O–H groups in total. The molecule has 0 radical (unpaired) electrons. The Morgan fingerprint density at radius 3 is 2.38 bits per heavy atom. The first-order valence-corrected chi connectivity index (χ1v) is 9.16. The highest BCUT2D eigenvalue weighted by Gasteiger charge is 2.28. The fourth-order valence-electron chi connectivity index (χ4n) is 2.95. The predicted octanol–water partition coefficient (Wildman–Crippen LogP) is 2.94. The molecule has 7 heteroatoms. The second-order valence-electron chi connectivity index (χ2n) is 6.43. The lowest BCUT2D eigenvalue weighted by Gasteiger charge is -2.30. The Balaban J connectivity index is 0.00000338. The van der Waals surface area contributed by atoms with Crippen LogP contribution in [-0.2, 0) is 0 Å². The molecule has 1 aliphatic rings. The molecule has 0 unspecified atom stereocenters. The fraction of sp³-hybridized carbons (Fsp3) is 0.632. The number of guanidine groups is 1. The number of nitrogens with one attached hydrogen (secondary N) is 2. The molecule has 1 saturated carbocycles. The van der Waals surface area contributed by atoms with Gasteiger partial charge >= 0.3 is 0 Å². The van der Waals surface area contributed by atoms with Crippen molar-refractivity contribution >= 4 is 29.9 Å². The second kappa shape index (κ2) is 12.2. The first-order valence-electron chi connectivity index (χ1n) is 9.16. The zero-order chi connectivity index (χ0) is 18.0. The summed E-state index contributed by atoms with van der Waals surface area (Å²) in [7, 11) is 1.64. The van der Waals surface area contributed by atoms with E-state index in [-0.39, 0.29) is 24.0 Å². The summed E-state index contributed by atoms with van der Waals surface area (Å²) >= 11 is 0. The average molecular weight is 477 g/mol. The molecule has 0 spiro atoms. The zero-order valence-corrected chi connectivity index (χ0v) is 18.1. The van der Waals surface area contributed by atoms with Gasteiger partial charge in [0.05, 0.1) is 25.8 Å². The van der Waals surface area contributed by atoms with Gasteiger partial charge in [0, 0.05) is 6.54 Å². The molecule has 6 nitrogen and oxygen atoms in total. The standard InChI is InChI=1S/C19H31N3O3.HI/c1-3-20-18(22-15-19(23)11-5-4-6-12-19)21-13-14-25-17-9-7-16(24-2)8-10-17;/h7-10,23H,3-6,11-15H2,1-2H3,(H2,20,21,22);1H. The minimum absolute atomic E-state index is 0. The second-order valence-corrected chi connectivity index (χ2v) is 6.43. The number of rotatable bonds is 8. The van der Waals surface area contributed by atoms with Crippen LogP contribution in [0.1, 0.15) is 39.0 Å². The number of methoxy groups -OCH3 is 1. The van der Waals surface area contributed by atoms with E-state index in [1.54, 1.807) is 7.11 Å². The van der Waals surface area contributed by atoms with Crippen LogP contribution in [0.25, 0.3) is 0 Å². The highest BCUT2D eigenvalue weighted by Crippen LogP contribution is 2.28. The summed E-state index contributed by atoms with van der Waals surface area (Å²) < 4.78 is 10.8. The predicted molar refractivity (Wildman–Crippen MR) is 116 cm³/mol. The lowest BCUT2D eigenvalue weighted by molar-refractivity contribution is 0.0131. The van der Waals surface area contributed by atoms with Crippen molar-refractivity contribution in [3.63, 3.8) is 0 Å². The highest BCUT2D eigenvalue weighted by atomic mass is 127. The number of hydrogen-bond acceptors (Lipinski definition) is 4. The van der Waals surface area contributed by atoms with Crippen LogP contribution >= 0.6 is 24.0 Å². The van der Waals surface area contributed by atoms with Crippen molar-refractivity contribution in [2.45, 2.75) is 44.6 Å². The van der Waals surface area contributed by atoms with Crippen molar-refractivity contribution in [3.05, 3.63) is 24.3 Å². The van der Waals surface area contributed by atoms with E-state index >= 15 is 0 Å². The maximum absolute atomic E-state index is 10.6. The van der Waals surface area contributed by atoms with E-state index in [4.69, 9.17) is 9.47 Å². The van der Waals surface area contributed by atoms with Crippen molar-refractivity contribution < 1.29 is 14.6 Å². The maximum atomic E-state index is 10.6. The Hall–Kier alpha value is -1.22. The Bertz CT molecular complexity index is 531. The van der Waals surface area contributed by atoms with Crippen LogP contribution in [0.15, 0.2) is 29.3 Å². The van der Waals surface area contributed by atoms with Crippen LogP contribution in [0.2, 0.25) is 0 Å². The fourth-order valence-corrected chi connectivity index (χ4v) is 2.95. The first kappa shape index (κ1) is 22.8. The number of nitrogens with zero attached hydrogens (tertiary/aromatic N) is 1. The SMILES string of the molecule is CCNC(=NCC1(O)CCCCC1)NCCOc1ccc(OC)cc1.I. The lowest BCUT2D eigenvalue weighted by atomic mass is 9.85. The lowest BCUT2D eigenvalue weighted by Crippen LogP contribution is -2.42. The van der Waals surface area contributed by atoms with Crippen LogP contribution in [0.4, 0.5) is 0 Å². The van der Waals surface area contributed by atoms with Crippen molar-refractivity contribution in [1.29, 1.82) is 0 Å². The molecule has 0 aromatic heterocycles. The topological polar surface area (TPSA) is 75.1 Å². The largest absolute Gasteiger partial charge is 0.497 e. The molecule has 148 valence electrons. The molecular weight excluding hydrogens is 445 g/mol. The van der Waals surface area contributed by atoms with Gasteiger partial charge in [-0.05, 0) is 44.0 Å². The van der Waals surface area contributed by atoms with Crippen LogP contribution in [0.5, 0.6) is 11.5 Å². The molecular formula is C19H32IN3O3. The van der Waals surface area contributed by atoms with Crippen LogP contribution in [0.3, 0.4) is 0 Å². The summed E-state index contributed by atoms with van der Waals surface area (Å²) in [6.45, 7) is 4.42. The van der Waals surface area contributed by atoms with E-state index < -0.39 is 5.60 Å². The molecule has 1 aliphatic carbocycles. The van der Waals surface area contributed by atoms with Gasteiger partial charge in [-0.1, -0.05) is 19.3 Å². The van der Waals surface area contributed by atoms with E-state index in [1.807, 2.05) is 31.2 Å². The monoisotopic (exact) mass is 477 g/mol. The third kappa shape index (κ3) is 7.99. The summed E-state index contributed by atoms with van der Waals surface area (Å²) in [5.41, 5.74) is -0.639. The summed E-state index contributed by atoms with van der Waals surface area (Å²) in [6, 6.07) is 7.52. The van der Waals surface area contributed by atoms with Crippen molar-refractivity contribution in [1.82, 2.24) is 10.6 Å². The van der Waals surface area contributed by atoms with Gasteiger partial charge in [0.1, 0.15) is 18.1 Å². The first-order chi connectivity index (χ1) is 12.1. The van der Waals surface area contributed by atoms with Gasteiger partial charge < -0.3 is 25.2 Å². The third-order valence-corrected chi connectivity index (χ3v) is 4.38. The molecule has 0 aliphatic heterocycles. The molecule has 0 bridgehead atoms. The molecule has 1 fully saturated rings. The maximum Gasteiger partial charge on any atom is 0.191 e. The number of ether oxygens (including phenoxy) is 2. The van der Waals surface area contributed by atoms with Crippen molar-refractivity contribution in [2.75, 3.05) is 33.4 Å². The summed E-state index contributed by atoms with van der Waals surface area (Å²) in [5, 5.41) is 17.0. The molecule has 0 amide bonds. The van der Waals surface area contributed by atoms with Crippen LogP contribution in [0, 0.1) is 0 Å². The van der Waals surface area contributed by atoms with Crippen LogP contribution in [-0.4, -0.2) is 50.0 Å². The van der Waals surface area contributed by atoms with Crippen molar-refractivity contribution in [2.24, 2.45) is 4.99 Å². The number of halogens is 1. The smallest absolute Gasteiger partial charge is 0.191 e. The summed E-state index contributed by atoms with van der Waals surface area (Å²) in [6.07, 6.45) is 5.08. The number of hydrogen-bond donors (Lipinski definition) is 3. The van der Waals surface area contributed by atoms with Gasteiger partial charge in [-0.2, -0.15) is 0 Å². The molecule has 0 heterocycles. The third-order valence-electron chi connectivity index (χ3n) is 4.38. The Labute approximate surface area is 173 Å². The number of benzene rings is 1. The van der Waals surface area contributed by atoms with Gasteiger partial charge in [0.2, 0.25) is 0 Å². The van der Waals surface area contributed by atoms with Gasteiger partial charge in [-0.15, -0.1) is 24.0 Å². The van der Waals surface area contributed by atoms with E-state index in [0.717, 1.165) is 49.7 Å². The zero-order valence-electron chi connectivity index (χ0n) is 15.8. The molecule has 0 saturated heterocycles. The normalized spacial score (nSPS) is 16.3. The van der Waals surface area contributed by atoms with Gasteiger partial charge in [-0.3, -0.25) is 4.99 Å². The molecule has 1 aromatic carbocycles. The van der Waals surface area contributed by atoms with E-state index in [2.05, 4.69) is 15.6 Å². The van der Waals surface area contributed by atoms with E-state index in [9.17, 15) is 5.11 Å². The molecule has 26 heavy (non-hydrogen) atoms. The van der Waals surface area contributed by atoms with Gasteiger partial charge in [-0.25, -0.2) is 0 Å². The van der Waals surface area contributed by atoms with Crippen molar-refractivity contribution in [3.8, 4) is 11.5 Å². The van der Waals surface area contributed by atoms with Gasteiger partial charge in [0.25, 0.3) is 0 Å². The highest BCUT2D eigenvalue weighted by molar-refractivity contribution is 14.0. The minimum atomic E-state index is -0.639. The Morgan fingerprint density at radius 2 is 1.77 bits per heavy atom. The van der Waals surface area contributed by atoms with E-state index in [1.165, 1.54) is 6.42 Å². The summed E-state index contributed by atoms with van der Waals surface area (Å²) in [5.74, 6) is 2.34. The number of aliphatic hydroxyl groups is 1. The van der Waals surface area contributed by atoms with Crippen LogP contribution < -0.4 is 20.1 Å². The molecule has 2 rings (SSSR count). The Kier molecular flexibility index (Phi) is 10.7. The average Bonchev–Trinajstić information content (AvgIpc) is 2.64. The van der Waals surface area contributed by atoms with Gasteiger partial charge in [0.15, 0.2) is 5.96 Å². The molecule has 0 atom stereocenters. The molecule has 1 aromatic rings. The summed E-state index contributed by atoms with van der Waals surface area (Å²) in [4.78, 5) is 4.55.